The molecular weight excluding hydrogens is 488 g/mol. The van der Waals surface area contributed by atoms with Gasteiger partial charge in [-0.25, -0.2) is 0 Å². The number of hydrogen-bond acceptors (Lipinski definition) is 8. The summed E-state index contributed by atoms with van der Waals surface area (Å²) in [6.45, 7) is 7.33. The van der Waals surface area contributed by atoms with Crippen molar-refractivity contribution in [3.8, 4) is 0 Å². The molecule has 2 saturated carbocycles. The van der Waals surface area contributed by atoms with Gasteiger partial charge in [0.1, 0.15) is 0 Å². The Bertz CT molecular complexity index is 1140. The van der Waals surface area contributed by atoms with Crippen LogP contribution in [0.2, 0.25) is 0 Å². The molecule has 1 unspecified atom stereocenters. The van der Waals surface area contributed by atoms with Gasteiger partial charge in [0.25, 0.3) is 0 Å². The molecule has 0 radical (unpaired) electrons. The van der Waals surface area contributed by atoms with E-state index in [0.29, 0.717) is 6.42 Å². The Hall–Kier alpha value is -3.42. The molecule has 0 N–H and O–H groups in total. The summed E-state index contributed by atoms with van der Waals surface area (Å²) in [6, 6.07) is 9.75. The molecule has 8 nitrogen and oxygen atoms in total. The minimum absolute atomic E-state index is 0.0855. The quantitative estimate of drug-likeness (QED) is 0.267. The molecule has 3 aliphatic rings. The molecular formula is C30H36O8. The van der Waals surface area contributed by atoms with Crippen LogP contribution in [0.5, 0.6) is 0 Å². The predicted octanol–water partition coefficient (Wildman–Crippen LogP) is 4.36. The summed E-state index contributed by atoms with van der Waals surface area (Å²) in [4.78, 5) is 53.5. The highest BCUT2D eigenvalue weighted by Crippen LogP contribution is 2.64. The highest BCUT2D eigenvalue weighted by molar-refractivity contribution is 6.03. The maximum Gasteiger partial charge on any atom is 0.324 e. The van der Waals surface area contributed by atoms with Crippen LogP contribution < -0.4 is 0 Å². The third-order valence-electron chi connectivity index (χ3n) is 8.07. The van der Waals surface area contributed by atoms with Gasteiger partial charge in [-0.05, 0) is 76.5 Å². The number of allylic oxidation sites excluding steroid dienone is 4. The molecule has 1 aromatic carbocycles. The van der Waals surface area contributed by atoms with Crippen LogP contribution in [-0.4, -0.2) is 50.3 Å². The van der Waals surface area contributed by atoms with Crippen LogP contribution in [0, 0.1) is 10.8 Å². The maximum absolute atomic E-state index is 13.5. The first-order chi connectivity index (χ1) is 18.2. The second-order valence-corrected chi connectivity index (χ2v) is 10.1. The summed E-state index contributed by atoms with van der Waals surface area (Å²) in [7, 11) is 0. The Morgan fingerprint density at radius 3 is 1.68 bits per heavy atom. The van der Waals surface area contributed by atoms with Gasteiger partial charge in [0, 0.05) is 5.41 Å². The number of esters is 4. The largest absolute Gasteiger partial charge is 0.465 e. The average molecular weight is 525 g/mol. The molecule has 1 aromatic rings. The first kappa shape index (κ1) is 27.6. The molecule has 38 heavy (non-hydrogen) atoms. The zero-order chi connectivity index (χ0) is 27.6. The van der Waals surface area contributed by atoms with E-state index in [-0.39, 0.29) is 52.1 Å². The van der Waals surface area contributed by atoms with E-state index in [1.165, 1.54) is 0 Å². The van der Waals surface area contributed by atoms with E-state index in [1.54, 1.807) is 27.7 Å². The molecule has 0 aliphatic heterocycles. The van der Waals surface area contributed by atoms with Gasteiger partial charge in [-0.3, -0.25) is 19.2 Å². The lowest BCUT2D eigenvalue weighted by Gasteiger charge is -2.36. The number of carbonyl (C=O) groups excluding carboxylic acids is 4. The number of benzene rings is 1. The molecule has 0 amide bonds. The third-order valence-corrected chi connectivity index (χ3v) is 8.07. The molecule has 3 aliphatic carbocycles. The van der Waals surface area contributed by atoms with Gasteiger partial charge < -0.3 is 18.9 Å². The first-order valence-corrected chi connectivity index (χ1v) is 13.4. The van der Waals surface area contributed by atoms with Crippen LogP contribution >= 0.6 is 0 Å². The summed E-state index contributed by atoms with van der Waals surface area (Å²) in [5, 5.41) is 0. The first-order valence-electron chi connectivity index (χ1n) is 13.4. The molecule has 4 rings (SSSR count). The predicted molar refractivity (Wildman–Crippen MR) is 138 cm³/mol. The number of carbonyl (C=O) groups is 4. The minimum Gasteiger partial charge on any atom is -0.465 e. The Labute approximate surface area is 223 Å². The van der Waals surface area contributed by atoms with Crippen LogP contribution in [-0.2, 0) is 43.5 Å². The lowest BCUT2D eigenvalue weighted by atomic mass is 9.67. The summed E-state index contributed by atoms with van der Waals surface area (Å²) in [5.74, 6) is -2.46. The van der Waals surface area contributed by atoms with Crippen molar-refractivity contribution < 1.29 is 38.1 Å². The van der Waals surface area contributed by atoms with E-state index in [4.69, 9.17) is 18.9 Å². The topological polar surface area (TPSA) is 105 Å². The van der Waals surface area contributed by atoms with E-state index in [1.807, 2.05) is 36.4 Å². The van der Waals surface area contributed by atoms with Crippen molar-refractivity contribution in [3.05, 3.63) is 58.7 Å². The molecule has 204 valence electrons. The van der Waals surface area contributed by atoms with Gasteiger partial charge in [0.05, 0.1) is 26.4 Å². The summed E-state index contributed by atoms with van der Waals surface area (Å²) < 4.78 is 21.6. The monoisotopic (exact) mass is 524 g/mol. The van der Waals surface area contributed by atoms with Crippen molar-refractivity contribution in [3.63, 3.8) is 0 Å². The zero-order valence-corrected chi connectivity index (χ0v) is 22.6. The van der Waals surface area contributed by atoms with Gasteiger partial charge in [0.15, 0.2) is 10.8 Å². The Morgan fingerprint density at radius 1 is 0.684 bits per heavy atom. The fourth-order valence-electron chi connectivity index (χ4n) is 6.42. The van der Waals surface area contributed by atoms with Crippen LogP contribution in [0.3, 0.4) is 0 Å². The second kappa shape index (κ2) is 10.8. The fraction of sp³-hybridized carbons (Fsp3) is 0.533. The van der Waals surface area contributed by atoms with Crippen LogP contribution in [0.1, 0.15) is 65.4 Å². The van der Waals surface area contributed by atoms with Crippen molar-refractivity contribution in [2.24, 2.45) is 10.8 Å². The summed E-state index contributed by atoms with van der Waals surface area (Å²) in [5.41, 5.74) is -0.235. The van der Waals surface area contributed by atoms with Crippen molar-refractivity contribution in [2.45, 2.75) is 65.2 Å². The summed E-state index contributed by atoms with van der Waals surface area (Å²) in [6.07, 6.45) is 3.05. The van der Waals surface area contributed by atoms with Crippen molar-refractivity contribution in [2.75, 3.05) is 26.4 Å². The lowest BCUT2D eigenvalue weighted by molar-refractivity contribution is -0.173. The molecule has 0 saturated heterocycles. The van der Waals surface area contributed by atoms with Gasteiger partial charge >= 0.3 is 23.9 Å². The van der Waals surface area contributed by atoms with Gasteiger partial charge in [-0.1, -0.05) is 42.0 Å². The molecule has 0 heterocycles. The number of ether oxygens (including phenoxy) is 4. The third kappa shape index (κ3) is 4.24. The maximum atomic E-state index is 13.5. The molecule has 8 heteroatoms. The van der Waals surface area contributed by atoms with Crippen molar-refractivity contribution in [1.29, 1.82) is 0 Å². The smallest absolute Gasteiger partial charge is 0.324 e. The molecule has 0 spiro atoms. The lowest BCUT2D eigenvalue weighted by Crippen LogP contribution is -2.41. The van der Waals surface area contributed by atoms with Gasteiger partial charge in [-0.15, -0.1) is 0 Å². The highest BCUT2D eigenvalue weighted by Gasteiger charge is 2.65. The molecule has 0 aromatic heterocycles. The van der Waals surface area contributed by atoms with Crippen LogP contribution in [0.25, 0.3) is 0 Å². The zero-order valence-electron chi connectivity index (χ0n) is 22.6. The van der Waals surface area contributed by atoms with Crippen LogP contribution in [0.4, 0.5) is 0 Å². The highest BCUT2D eigenvalue weighted by atomic mass is 16.6. The van der Waals surface area contributed by atoms with Gasteiger partial charge in [0.2, 0.25) is 0 Å². The van der Waals surface area contributed by atoms with E-state index < -0.39 is 40.1 Å². The number of hydrogen-bond donors (Lipinski definition) is 0. The van der Waals surface area contributed by atoms with E-state index in [2.05, 4.69) is 0 Å². The number of rotatable bonds is 9. The van der Waals surface area contributed by atoms with Crippen molar-refractivity contribution in [1.82, 2.24) is 0 Å². The van der Waals surface area contributed by atoms with Crippen LogP contribution in [0.15, 0.2) is 53.1 Å². The fourth-order valence-corrected chi connectivity index (χ4v) is 6.42. The molecule has 1 atom stereocenters. The standard InChI is InChI=1S/C30H36O8/c1-5-35-24(31)29(25(32)36-6-2)16-20-14-15-28(21-12-10-9-11-13-21)19-30(26(33)37-7-3,27(34)38-8-4)18-23(28)22(20)17-29/h9-14H,5-8,15-19H2,1-4H3. The van der Waals surface area contributed by atoms with E-state index in [9.17, 15) is 19.2 Å². The Balaban J connectivity index is 1.93. The molecule has 0 bridgehead atoms. The minimum atomic E-state index is -1.54. The van der Waals surface area contributed by atoms with Crippen molar-refractivity contribution >= 4 is 23.9 Å². The van der Waals surface area contributed by atoms with E-state index in [0.717, 1.165) is 22.3 Å². The van der Waals surface area contributed by atoms with E-state index >= 15 is 0 Å². The average Bonchev–Trinajstić information content (AvgIpc) is 3.49. The Kier molecular flexibility index (Phi) is 7.81. The number of fused-ring (bicyclic) bond motifs is 2. The van der Waals surface area contributed by atoms with Gasteiger partial charge in [-0.2, -0.15) is 0 Å². The molecule has 2 fully saturated rings. The second-order valence-electron chi connectivity index (χ2n) is 10.1. The normalized spacial score (nSPS) is 22.6. The summed E-state index contributed by atoms with van der Waals surface area (Å²) >= 11 is 0. The SMILES string of the molecule is CCOC(=O)C1(C(=O)OCC)CC2=CCC3(c4ccccc4)CC(C(=O)OCC)(C(=O)OCC)CC3=C2C1. The Morgan fingerprint density at radius 2 is 1.18 bits per heavy atom.